The molecule has 1 amide bonds. The number of anilines is 1. The molecule has 2 rings (SSSR count). The summed E-state index contributed by atoms with van der Waals surface area (Å²) in [4.78, 5) is 15.0. The molecule has 0 bridgehead atoms. The van der Waals surface area contributed by atoms with Crippen molar-refractivity contribution in [2.75, 3.05) is 12.3 Å². The first-order valence-electron chi connectivity index (χ1n) is 6.20. The van der Waals surface area contributed by atoms with E-state index in [1.807, 2.05) is 5.38 Å². The van der Waals surface area contributed by atoms with Crippen LogP contribution in [0.2, 0.25) is 0 Å². The van der Waals surface area contributed by atoms with Gasteiger partial charge in [-0.3, -0.25) is 4.79 Å². The molecule has 0 atom stereocenters. The van der Waals surface area contributed by atoms with Crippen molar-refractivity contribution in [3.8, 4) is 11.3 Å². The molecule has 5 heteroatoms. The number of nitrogens with two attached hydrogens (primary N) is 1. The van der Waals surface area contributed by atoms with Crippen molar-refractivity contribution in [1.82, 2.24) is 10.3 Å². The van der Waals surface area contributed by atoms with Crippen LogP contribution >= 0.6 is 11.3 Å². The zero-order chi connectivity index (χ0) is 13.7. The van der Waals surface area contributed by atoms with Gasteiger partial charge in [-0.1, -0.05) is 24.3 Å². The summed E-state index contributed by atoms with van der Waals surface area (Å²) < 4.78 is 0. The molecule has 0 aliphatic rings. The second-order valence-corrected chi connectivity index (χ2v) is 5.24. The summed E-state index contributed by atoms with van der Waals surface area (Å²) >= 11 is 1.45. The number of amides is 1. The van der Waals surface area contributed by atoms with Crippen LogP contribution in [-0.2, 0) is 11.2 Å². The highest BCUT2D eigenvalue weighted by molar-refractivity contribution is 7.13. The number of hydrogen-bond acceptors (Lipinski definition) is 4. The van der Waals surface area contributed by atoms with Gasteiger partial charge in [-0.25, -0.2) is 4.98 Å². The van der Waals surface area contributed by atoms with Gasteiger partial charge in [0.05, 0.1) is 5.69 Å². The third kappa shape index (κ3) is 4.06. The van der Waals surface area contributed by atoms with Crippen LogP contribution < -0.4 is 11.1 Å². The van der Waals surface area contributed by atoms with Crippen molar-refractivity contribution in [3.05, 3.63) is 35.2 Å². The van der Waals surface area contributed by atoms with Gasteiger partial charge in [-0.2, -0.15) is 0 Å². The van der Waals surface area contributed by atoms with Gasteiger partial charge in [-0.05, 0) is 18.4 Å². The van der Waals surface area contributed by atoms with E-state index in [0.29, 0.717) is 5.13 Å². The average Bonchev–Trinajstić information content (AvgIpc) is 2.82. The predicted octanol–water partition coefficient (Wildman–Crippen LogP) is 2.46. The highest BCUT2D eigenvalue weighted by Crippen LogP contribution is 2.23. The molecule has 0 unspecified atom stereocenters. The maximum absolute atomic E-state index is 10.7. The normalized spacial score (nSPS) is 10.4. The number of nitrogens with one attached hydrogen (secondary N) is 1. The van der Waals surface area contributed by atoms with Crippen LogP contribution in [0, 0.1) is 0 Å². The van der Waals surface area contributed by atoms with Crippen LogP contribution in [0.15, 0.2) is 29.6 Å². The Morgan fingerprint density at radius 1 is 1.37 bits per heavy atom. The number of carbonyl (C=O) groups excluding carboxylic acids is 1. The van der Waals surface area contributed by atoms with Crippen LogP contribution in [-0.4, -0.2) is 17.4 Å². The van der Waals surface area contributed by atoms with Crippen LogP contribution in [0.5, 0.6) is 0 Å². The highest BCUT2D eigenvalue weighted by Gasteiger charge is 2.02. The minimum Gasteiger partial charge on any atom is -0.375 e. The summed E-state index contributed by atoms with van der Waals surface area (Å²) in [7, 11) is 0. The van der Waals surface area contributed by atoms with Crippen LogP contribution in [0.25, 0.3) is 11.3 Å². The highest BCUT2D eigenvalue weighted by atomic mass is 32.1. The van der Waals surface area contributed by atoms with Crippen LogP contribution in [0.4, 0.5) is 5.13 Å². The molecule has 4 nitrogen and oxygen atoms in total. The van der Waals surface area contributed by atoms with E-state index in [-0.39, 0.29) is 5.91 Å². The van der Waals surface area contributed by atoms with E-state index in [4.69, 9.17) is 5.73 Å². The van der Waals surface area contributed by atoms with Crippen molar-refractivity contribution in [2.45, 2.75) is 19.8 Å². The Balaban J connectivity index is 1.90. The maximum atomic E-state index is 10.7. The third-order valence-electron chi connectivity index (χ3n) is 2.79. The van der Waals surface area contributed by atoms with Gasteiger partial charge in [0, 0.05) is 24.4 Å². The average molecular weight is 275 g/mol. The predicted molar refractivity (Wildman–Crippen MR) is 79.0 cm³/mol. The van der Waals surface area contributed by atoms with E-state index < -0.39 is 0 Å². The molecule has 0 saturated carbocycles. The Morgan fingerprint density at radius 3 is 2.68 bits per heavy atom. The molecule has 1 aromatic carbocycles. The lowest BCUT2D eigenvalue weighted by molar-refractivity contribution is -0.118. The first kappa shape index (κ1) is 13.5. The van der Waals surface area contributed by atoms with E-state index in [0.717, 1.165) is 30.6 Å². The monoisotopic (exact) mass is 275 g/mol. The van der Waals surface area contributed by atoms with Crippen LogP contribution in [0.1, 0.15) is 18.9 Å². The lowest BCUT2D eigenvalue weighted by Gasteiger charge is -2.04. The first-order valence-corrected chi connectivity index (χ1v) is 7.08. The fourth-order valence-corrected chi connectivity index (χ4v) is 2.39. The lowest BCUT2D eigenvalue weighted by atomic mass is 10.1. The van der Waals surface area contributed by atoms with Crippen molar-refractivity contribution < 1.29 is 4.79 Å². The molecule has 0 radical (unpaired) electrons. The summed E-state index contributed by atoms with van der Waals surface area (Å²) in [6, 6.07) is 8.31. The summed E-state index contributed by atoms with van der Waals surface area (Å²) in [5, 5.41) is 5.35. The number of rotatable bonds is 5. The van der Waals surface area contributed by atoms with Gasteiger partial charge >= 0.3 is 0 Å². The Morgan fingerprint density at radius 2 is 2.11 bits per heavy atom. The van der Waals surface area contributed by atoms with E-state index in [2.05, 4.69) is 34.6 Å². The SMILES string of the molecule is CC(=O)NCCCc1ccc(-c2csc(N)n2)cc1. The molecule has 2 aromatic rings. The fraction of sp³-hybridized carbons (Fsp3) is 0.286. The van der Waals surface area contributed by atoms with Gasteiger partial charge in [-0.15, -0.1) is 11.3 Å². The van der Waals surface area contributed by atoms with Gasteiger partial charge in [0.2, 0.25) is 5.91 Å². The number of nitrogen functional groups attached to an aromatic ring is 1. The van der Waals surface area contributed by atoms with Gasteiger partial charge < -0.3 is 11.1 Å². The van der Waals surface area contributed by atoms with Crippen molar-refractivity contribution in [2.24, 2.45) is 0 Å². The number of aromatic nitrogens is 1. The molecular formula is C14H17N3OS. The molecule has 1 aromatic heterocycles. The van der Waals surface area contributed by atoms with Gasteiger partial charge in [0.1, 0.15) is 0 Å². The first-order chi connectivity index (χ1) is 9.15. The second kappa shape index (κ2) is 6.33. The van der Waals surface area contributed by atoms with Crippen LogP contribution in [0.3, 0.4) is 0 Å². The molecule has 19 heavy (non-hydrogen) atoms. The fourth-order valence-electron chi connectivity index (χ4n) is 1.82. The number of hydrogen-bond donors (Lipinski definition) is 2. The summed E-state index contributed by atoms with van der Waals surface area (Å²) in [6.07, 6.45) is 1.91. The molecule has 0 aliphatic carbocycles. The molecule has 0 saturated heterocycles. The molecule has 1 heterocycles. The smallest absolute Gasteiger partial charge is 0.216 e. The topological polar surface area (TPSA) is 68.0 Å². The maximum Gasteiger partial charge on any atom is 0.216 e. The number of thiazole rings is 1. The Labute approximate surface area is 116 Å². The Bertz CT molecular complexity index is 548. The standard InChI is InChI=1S/C14H17N3OS/c1-10(18)16-8-2-3-11-4-6-12(7-5-11)13-9-19-14(15)17-13/h4-7,9H,2-3,8H2,1H3,(H2,15,17)(H,16,18). The third-order valence-corrected chi connectivity index (χ3v) is 3.46. The molecular weight excluding hydrogens is 258 g/mol. The molecule has 0 spiro atoms. The van der Waals surface area contributed by atoms with Crippen molar-refractivity contribution >= 4 is 22.4 Å². The summed E-state index contributed by atoms with van der Waals surface area (Å²) in [5.41, 5.74) is 8.89. The number of nitrogens with zero attached hydrogens (tertiary/aromatic N) is 1. The lowest BCUT2D eigenvalue weighted by Crippen LogP contribution is -2.21. The summed E-state index contributed by atoms with van der Waals surface area (Å²) in [6.45, 7) is 2.26. The number of aryl methyl sites for hydroxylation is 1. The minimum atomic E-state index is 0.0245. The second-order valence-electron chi connectivity index (χ2n) is 4.35. The number of benzene rings is 1. The molecule has 0 fully saturated rings. The van der Waals surface area contributed by atoms with E-state index in [1.54, 1.807) is 0 Å². The quantitative estimate of drug-likeness (QED) is 0.824. The summed E-state index contributed by atoms with van der Waals surface area (Å²) in [5.74, 6) is 0.0245. The minimum absolute atomic E-state index is 0.0245. The van der Waals surface area contributed by atoms with Gasteiger partial charge in [0.25, 0.3) is 0 Å². The van der Waals surface area contributed by atoms with E-state index in [1.165, 1.54) is 23.8 Å². The zero-order valence-electron chi connectivity index (χ0n) is 10.8. The largest absolute Gasteiger partial charge is 0.375 e. The van der Waals surface area contributed by atoms with Gasteiger partial charge in [0.15, 0.2) is 5.13 Å². The zero-order valence-corrected chi connectivity index (χ0v) is 11.7. The molecule has 100 valence electrons. The number of carbonyl (C=O) groups is 1. The molecule has 3 N–H and O–H groups in total. The molecule has 0 aliphatic heterocycles. The van der Waals surface area contributed by atoms with Crippen molar-refractivity contribution in [3.63, 3.8) is 0 Å². The van der Waals surface area contributed by atoms with E-state index in [9.17, 15) is 4.79 Å². The van der Waals surface area contributed by atoms with E-state index >= 15 is 0 Å². The Hall–Kier alpha value is -1.88. The van der Waals surface area contributed by atoms with Crippen molar-refractivity contribution in [1.29, 1.82) is 0 Å². The Kier molecular flexibility index (Phi) is 4.52.